The van der Waals surface area contributed by atoms with Gasteiger partial charge in [0.2, 0.25) is 0 Å². The Morgan fingerprint density at radius 2 is 2.07 bits per heavy atom. The summed E-state index contributed by atoms with van der Waals surface area (Å²) in [5, 5.41) is 6.79. The third kappa shape index (κ3) is 6.06. The molecule has 1 saturated carbocycles. The Bertz CT molecular complexity index is 673. The molecular weight excluding hydrogens is 371 g/mol. The summed E-state index contributed by atoms with van der Waals surface area (Å²) < 4.78 is 25.2. The minimum Gasteiger partial charge on any atom is -0.385 e. The van der Waals surface area contributed by atoms with Crippen molar-refractivity contribution in [3.63, 3.8) is 0 Å². The van der Waals surface area contributed by atoms with Gasteiger partial charge in [-0.25, -0.2) is 9.38 Å². The monoisotopic (exact) mass is 406 g/mol. The Kier molecular flexibility index (Phi) is 8.12. The lowest BCUT2D eigenvalue weighted by atomic mass is 9.67. The second kappa shape index (κ2) is 10.8. The second-order valence-electron chi connectivity index (χ2n) is 8.03. The number of benzene rings is 1. The van der Waals surface area contributed by atoms with Crippen LogP contribution in [0.4, 0.5) is 10.1 Å². The van der Waals surface area contributed by atoms with E-state index in [1.54, 1.807) is 13.2 Å². The zero-order chi connectivity index (χ0) is 20.5. The quantitative estimate of drug-likeness (QED) is 0.488. The number of ether oxygens (including phenoxy) is 2. The number of nitrogens with zero attached hydrogens (tertiary/aromatic N) is 2. The fourth-order valence-electron chi connectivity index (χ4n) is 4.00. The molecule has 2 N–H and O–H groups in total. The van der Waals surface area contributed by atoms with Crippen LogP contribution >= 0.6 is 0 Å². The summed E-state index contributed by atoms with van der Waals surface area (Å²) in [4.78, 5) is 6.71. The number of rotatable bonds is 9. The first-order valence-corrected chi connectivity index (χ1v) is 10.8. The molecule has 7 heteroatoms. The van der Waals surface area contributed by atoms with Crippen LogP contribution in [0, 0.1) is 11.2 Å². The van der Waals surface area contributed by atoms with Gasteiger partial charge in [-0.1, -0.05) is 12.5 Å². The van der Waals surface area contributed by atoms with Crippen molar-refractivity contribution in [1.29, 1.82) is 0 Å². The predicted octanol–water partition coefficient (Wildman–Crippen LogP) is 2.92. The Morgan fingerprint density at radius 3 is 2.69 bits per heavy atom. The first-order chi connectivity index (χ1) is 14.2. The van der Waals surface area contributed by atoms with E-state index >= 15 is 0 Å². The Morgan fingerprint density at radius 1 is 1.28 bits per heavy atom. The number of hydrogen-bond acceptors (Lipinski definition) is 4. The van der Waals surface area contributed by atoms with E-state index in [1.807, 2.05) is 17.0 Å². The highest BCUT2D eigenvalue weighted by Gasteiger charge is 2.36. The Hall–Kier alpha value is -1.86. The van der Waals surface area contributed by atoms with Gasteiger partial charge in [0.1, 0.15) is 5.82 Å². The fraction of sp³-hybridized carbons (Fsp3) is 0.682. The van der Waals surface area contributed by atoms with Crippen LogP contribution in [0.3, 0.4) is 0 Å². The van der Waals surface area contributed by atoms with Gasteiger partial charge >= 0.3 is 0 Å². The molecule has 2 aliphatic rings. The van der Waals surface area contributed by atoms with Crippen LogP contribution in [0.2, 0.25) is 0 Å². The molecule has 0 unspecified atom stereocenters. The fourth-order valence-corrected chi connectivity index (χ4v) is 4.00. The zero-order valence-electron chi connectivity index (χ0n) is 17.8. The van der Waals surface area contributed by atoms with Gasteiger partial charge in [-0.05, 0) is 49.3 Å². The number of hydrogen-bond donors (Lipinski definition) is 2. The van der Waals surface area contributed by atoms with E-state index in [0.29, 0.717) is 30.9 Å². The van der Waals surface area contributed by atoms with Crippen molar-refractivity contribution < 1.29 is 13.9 Å². The second-order valence-corrected chi connectivity index (χ2v) is 8.03. The van der Waals surface area contributed by atoms with E-state index in [-0.39, 0.29) is 5.82 Å². The van der Waals surface area contributed by atoms with Crippen molar-refractivity contribution in [2.45, 2.75) is 39.2 Å². The molecular formula is C22H35FN4O2. The highest BCUT2D eigenvalue weighted by atomic mass is 19.1. The van der Waals surface area contributed by atoms with Crippen molar-refractivity contribution >= 4 is 11.6 Å². The molecule has 0 amide bonds. The molecule has 2 fully saturated rings. The van der Waals surface area contributed by atoms with E-state index in [9.17, 15) is 4.39 Å². The molecule has 162 valence electrons. The summed E-state index contributed by atoms with van der Waals surface area (Å²) in [7, 11) is 1.76. The van der Waals surface area contributed by atoms with Crippen LogP contribution in [-0.2, 0) is 16.0 Å². The molecule has 1 aliphatic heterocycles. The Balaban J connectivity index is 1.58. The van der Waals surface area contributed by atoms with E-state index in [4.69, 9.17) is 9.47 Å². The highest BCUT2D eigenvalue weighted by Crippen LogP contribution is 2.43. The number of anilines is 1. The average molecular weight is 407 g/mol. The van der Waals surface area contributed by atoms with E-state index in [0.717, 1.165) is 50.7 Å². The van der Waals surface area contributed by atoms with Crippen LogP contribution in [-0.4, -0.2) is 59.1 Å². The average Bonchev–Trinajstić information content (AvgIpc) is 2.71. The minimum atomic E-state index is -0.189. The van der Waals surface area contributed by atoms with Crippen LogP contribution in [0.1, 0.15) is 38.2 Å². The summed E-state index contributed by atoms with van der Waals surface area (Å²) in [6.07, 6.45) is 4.83. The standard InChI is InChI=1S/C22H35FN4O2/c1-3-24-21(26-17-22(7-4-8-22)9-12-28-2)25-16-18-5-6-20(19(23)15-18)27-10-13-29-14-11-27/h5-6,15H,3-4,7-14,16-17H2,1-2H3,(H2,24,25,26). The number of guanidine groups is 1. The maximum absolute atomic E-state index is 14.6. The Labute approximate surface area is 173 Å². The van der Waals surface area contributed by atoms with Gasteiger partial charge in [-0.15, -0.1) is 0 Å². The molecule has 0 atom stereocenters. The van der Waals surface area contributed by atoms with Crippen LogP contribution in [0.15, 0.2) is 23.2 Å². The number of halogens is 1. The van der Waals surface area contributed by atoms with E-state index in [2.05, 4.69) is 22.5 Å². The van der Waals surface area contributed by atoms with Gasteiger partial charge in [0.25, 0.3) is 0 Å². The lowest BCUT2D eigenvalue weighted by Crippen LogP contribution is -2.46. The van der Waals surface area contributed by atoms with Gasteiger partial charge in [0.15, 0.2) is 5.96 Å². The van der Waals surface area contributed by atoms with Gasteiger partial charge in [-0.3, -0.25) is 0 Å². The number of aliphatic imine (C=N–C) groups is 1. The van der Waals surface area contributed by atoms with Gasteiger partial charge < -0.3 is 25.0 Å². The van der Waals surface area contributed by atoms with Crippen LogP contribution in [0.5, 0.6) is 0 Å². The largest absolute Gasteiger partial charge is 0.385 e. The molecule has 29 heavy (non-hydrogen) atoms. The smallest absolute Gasteiger partial charge is 0.191 e. The molecule has 6 nitrogen and oxygen atoms in total. The van der Waals surface area contributed by atoms with Gasteiger partial charge in [0, 0.05) is 39.9 Å². The SMILES string of the molecule is CCNC(=NCc1ccc(N2CCOCC2)c(F)c1)NCC1(CCOC)CCC1. The minimum absolute atomic E-state index is 0.189. The summed E-state index contributed by atoms with van der Waals surface area (Å²) in [6, 6.07) is 5.43. The maximum Gasteiger partial charge on any atom is 0.191 e. The number of methoxy groups -OCH3 is 1. The van der Waals surface area contributed by atoms with Crippen molar-refractivity contribution in [3.05, 3.63) is 29.6 Å². The predicted molar refractivity (Wildman–Crippen MR) is 115 cm³/mol. The number of morpholine rings is 1. The molecule has 0 spiro atoms. The molecule has 1 heterocycles. The van der Waals surface area contributed by atoms with Gasteiger partial charge in [-0.2, -0.15) is 0 Å². The lowest BCUT2D eigenvalue weighted by Gasteiger charge is -2.42. The third-order valence-corrected chi connectivity index (χ3v) is 6.01. The normalized spacial score (nSPS) is 19.0. The molecule has 0 aromatic heterocycles. The van der Waals surface area contributed by atoms with Crippen molar-refractivity contribution in [3.8, 4) is 0 Å². The zero-order valence-corrected chi connectivity index (χ0v) is 17.8. The lowest BCUT2D eigenvalue weighted by molar-refractivity contribution is 0.0732. The van der Waals surface area contributed by atoms with E-state index in [1.165, 1.54) is 19.3 Å². The van der Waals surface area contributed by atoms with Crippen molar-refractivity contribution in [2.24, 2.45) is 10.4 Å². The van der Waals surface area contributed by atoms with Crippen molar-refractivity contribution in [1.82, 2.24) is 10.6 Å². The molecule has 0 radical (unpaired) electrons. The highest BCUT2D eigenvalue weighted by molar-refractivity contribution is 5.79. The van der Waals surface area contributed by atoms with Crippen LogP contribution < -0.4 is 15.5 Å². The maximum atomic E-state index is 14.6. The molecule has 3 rings (SSSR count). The molecule has 1 saturated heterocycles. The summed E-state index contributed by atoms with van der Waals surface area (Å²) in [5.74, 6) is 0.597. The van der Waals surface area contributed by atoms with Gasteiger partial charge in [0.05, 0.1) is 25.4 Å². The van der Waals surface area contributed by atoms with Crippen molar-refractivity contribution in [2.75, 3.05) is 58.0 Å². The third-order valence-electron chi connectivity index (χ3n) is 6.01. The number of nitrogens with one attached hydrogen (secondary N) is 2. The first-order valence-electron chi connectivity index (χ1n) is 10.8. The summed E-state index contributed by atoms with van der Waals surface area (Å²) >= 11 is 0. The summed E-state index contributed by atoms with van der Waals surface area (Å²) in [5.41, 5.74) is 1.84. The molecule has 1 aliphatic carbocycles. The topological polar surface area (TPSA) is 58.1 Å². The molecule has 1 aromatic rings. The van der Waals surface area contributed by atoms with E-state index < -0.39 is 0 Å². The van der Waals surface area contributed by atoms with Crippen LogP contribution in [0.25, 0.3) is 0 Å². The molecule has 1 aromatic carbocycles. The summed E-state index contributed by atoms with van der Waals surface area (Å²) in [6.45, 7) is 7.74. The molecule has 0 bridgehead atoms. The first kappa shape index (κ1) is 21.8.